The molecule has 4 nitrogen and oxygen atoms in total. The molecule has 0 saturated carbocycles. The number of hydrogen-bond acceptors (Lipinski definition) is 3. The van der Waals surface area contributed by atoms with Crippen LogP contribution < -0.4 is 10.6 Å². The van der Waals surface area contributed by atoms with E-state index in [2.05, 4.69) is 10.6 Å². The summed E-state index contributed by atoms with van der Waals surface area (Å²) in [5, 5.41) is 15.0. The molecular formula is C17H12ClN3OS. The molecule has 2 rings (SSSR count). The van der Waals surface area contributed by atoms with Crippen molar-refractivity contribution in [2.24, 2.45) is 0 Å². The highest BCUT2D eigenvalue weighted by molar-refractivity contribution is 7.80. The van der Waals surface area contributed by atoms with Gasteiger partial charge in [-0.15, -0.1) is 0 Å². The summed E-state index contributed by atoms with van der Waals surface area (Å²) < 4.78 is 0. The van der Waals surface area contributed by atoms with Crippen LogP contribution in [-0.2, 0) is 4.79 Å². The topological polar surface area (TPSA) is 64.9 Å². The van der Waals surface area contributed by atoms with E-state index in [1.807, 2.05) is 18.2 Å². The molecule has 0 aliphatic carbocycles. The lowest BCUT2D eigenvalue weighted by molar-refractivity contribution is -0.115. The SMILES string of the molecule is N#Cc1ccccc1NC(=S)NC(=O)C=Cc1ccccc1Cl. The molecule has 2 aromatic carbocycles. The summed E-state index contributed by atoms with van der Waals surface area (Å²) in [6.07, 6.45) is 2.94. The van der Waals surface area contributed by atoms with Crippen molar-refractivity contribution < 1.29 is 4.79 Å². The predicted octanol–water partition coefficient (Wildman–Crippen LogP) is 3.74. The predicted molar refractivity (Wildman–Crippen MR) is 96.0 cm³/mol. The first-order chi connectivity index (χ1) is 11.1. The number of nitriles is 1. The summed E-state index contributed by atoms with van der Waals surface area (Å²) in [5.74, 6) is -0.392. The molecular weight excluding hydrogens is 330 g/mol. The summed E-state index contributed by atoms with van der Waals surface area (Å²) in [4.78, 5) is 11.8. The van der Waals surface area contributed by atoms with E-state index in [1.54, 1.807) is 42.5 Å². The molecule has 0 heterocycles. The van der Waals surface area contributed by atoms with Gasteiger partial charge >= 0.3 is 0 Å². The molecule has 0 bridgehead atoms. The number of carbonyl (C=O) groups is 1. The van der Waals surface area contributed by atoms with Crippen molar-refractivity contribution in [3.05, 3.63) is 70.8 Å². The van der Waals surface area contributed by atoms with Gasteiger partial charge < -0.3 is 5.32 Å². The zero-order valence-electron chi connectivity index (χ0n) is 11.9. The van der Waals surface area contributed by atoms with Crippen molar-refractivity contribution in [3.8, 4) is 6.07 Å². The number of nitrogens with zero attached hydrogens (tertiary/aromatic N) is 1. The quantitative estimate of drug-likeness (QED) is 0.659. The van der Waals surface area contributed by atoms with Crippen molar-refractivity contribution >= 4 is 46.6 Å². The van der Waals surface area contributed by atoms with Crippen LogP contribution in [0.15, 0.2) is 54.6 Å². The monoisotopic (exact) mass is 341 g/mol. The Kier molecular flexibility index (Phi) is 5.87. The molecule has 1 amide bonds. The van der Waals surface area contributed by atoms with Crippen LogP contribution in [0.2, 0.25) is 5.02 Å². The second kappa shape index (κ2) is 8.08. The number of benzene rings is 2. The van der Waals surface area contributed by atoms with E-state index < -0.39 is 5.91 Å². The summed E-state index contributed by atoms with van der Waals surface area (Å²) in [7, 11) is 0. The highest BCUT2D eigenvalue weighted by Crippen LogP contribution is 2.16. The molecule has 0 atom stereocenters. The van der Waals surface area contributed by atoms with E-state index in [9.17, 15) is 4.79 Å². The third-order valence-electron chi connectivity index (χ3n) is 2.85. The Labute approximate surface area is 144 Å². The molecule has 0 unspecified atom stereocenters. The minimum atomic E-state index is -0.392. The van der Waals surface area contributed by atoms with Crippen molar-refractivity contribution in [1.29, 1.82) is 5.26 Å². The molecule has 0 radical (unpaired) electrons. The third-order valence-corrected chi connectivity index (χ3v) is 3.40. The van der Waals surface area contributed by atoms with Crippen LogP contribution >= 0.6 is 23.8 Å². The summed E-state index contributed by atoms with van der Waals surface area (Å²) in [5.41, 5.74) is 1.71. The smallest absolute Gasteiger partial charge is 0.250 e. The van der Waals surface area contributed by atoms with E-state index in [1.165, 1.54) is 6.08 Å². The average Bonchev–Trinajstić information content (AvgIpc) is 2.54. The molecule has 0 fully saturated rings. The number of halogens is 1. The molecule has 0 aromatic heterocycles. The standard InChI is InChI=1S/C17H12ClN3OS/c18-14-7-3-1-5-12(14)9-10-16(22)21-17(23)20-15-8-4-2-6-13(15)11-19/h1-10H,(H2,20,21,22,23). The maximum absolute atomic E-state index is 11.8. The van der Waals surface area contributed by atoms with E-state index >= 15 is 0 Å². The minimum Gasteiger partial charge on any atom is -0.331 e. The van der Waals surface area contributed by atoms with Gasteiger partial charge in [0.2, 0.25) is 5.91 Å². The molecule has 114 valence electrons. The fourth-order valence-corrected chi connectivity index (χ4v) is 2.18. The second-order valence-electron chi connectivity index (χ2n) is 4.46. The van der Waals surface area contributed by atoms with Crippen LogP contribution in [0.1, 0.15) is 11.1 Å². The van der Waals surface area contributed by atoms with E-state index in [-0.39, 0.29) is 5.11 Å². The number of anilines is 1. The largest absolute Gasteiger partial charge is 0.331 e. The van der Waals surface area contributed by atoms with Gasteiger partial charge in [-0.25, -0.2) is 0 Å². The van der Waals surface area contributed by atoms with Crippen LogP contribution in [-0.4, -0.2) is 11.0 Å². The van der Waals surface area contributed by atoms with Crippen molar-refractivity contribution in [2.75, 3.05) is 5.32 Å². The highest BCUT2D eigenvalue weighted by Gasteiger charge is 2.05. The zero-order chi connectivity index (χ0) is 16.7. The van der Waals surface area contributed by atoms with Crippen LogP contribution in [0.3, 0.4) is 0 Å². The van der Waals surface area contributed by atoms with Gasteiger partial charge in [-0.1, -0.05) is 41.9 Å². The van der Waals surface area contributed by atoms with Gasteiger partial charge in [-0.3, -0.25) is 10.1 Å². The normalized spacial score (nSPS) is 10.1. The van der Waals surface area contributed by atoms with Crippen LogP contribution in [0.25, 0.3) is 6.08 Å². The average molecular weight is 342 g/mol. The van der Waals surface area contributed by atoms with Gasteiger partial charge in [0.1, 0.15) is 6.07 Å². The fourth-order valence-electron chi connectivity index (χ4n) is 1.77. The Morgan fingerprint density at radius 3 is 2.61 bits per heavy atom. The van der Waals surface area contributed by atoms with E-state index in [0.29, 0.717) is 16.3 Å². The minimum absolute atomic E-state index is 0.113. The van der Waals surface area contributed by atoms with Crippen LogP contribution in [0, 0.1) is 11.3 Å². The van der Waals surface area contributed by atoms with Crippen LogP contribution in [0.4, 0.5) is 5.69 Å². The lowest BCUT2D eigenvalue weighted by Gasteiger charge is -2.09. The number of carbonyl (C=O) groups excluding carboxylic acids is 1. The molecule has 0 spiro atoms. The van der Waals surface area contributed by atoms with E-state index in [0.717, 1.165) is 5.56 Å². The first kappa shape index (κ1) is 16.7. The zero-order valence-corrected chi connectivity index (χ0v) is 13.5. The van der Waals surface area contributed by atoms with Gasteiger partial charge in [0, 0.05) is 11.1 Å². The molecule has 2 aromatic rings. The first-order valence-corrected chi connectivity index (χ1v) is 7.42. The van der Waals surface area contributed by atoms with Gasteiger partial charge in [-0.2, -0.15) is 5.26 Å². The highest BCUT2D eigenvalue weighted by atomic mass is 35.5. The van der Waals surface area contributed by atoms with E-state index in [4.69, 9.17) is 29.1 Å². The number of para-hydroxylation sites is 1. The second-order valence-corrected chi connectivity index (χ2v) is 5.27. The number of thiocarbonyl (C=S) groups is 1. The van der Waals surface area contributed by atoms with Gasteiger partial charge in [0.05, 0.1) is 11.3 Å². The molecule has 0 aliphatic rings. The Balaban J connectivity index is 1.97. The van der Waals surface area contributed by atoms with Crippen molar-refractivity contribution in [1.82, 2.24) is 5.32 Å². The number of hydrogen-bond donors (Lipinski definition) is 2. The maximum Gasteiger partial charge on any atom is 0.250 e. The maximum atomic E-state index is 11.8. The number of amides is 1. The molecule has 6 heteroatoms. The first-order valence-electron chi connectivity index (χ1n) is 6.64. The van der Waals surface area contributed by atoms with Crippen LogP contribution in [0.5, 0.6) is 0 Å². The summed E-state index contributed by atoms with van der Waals surface area (Å²) in [6, 6.07) is 16.1. The number of nitrogens with one attached hydrogen (secondary N) is 2. The summed E-state index contributed by atoms with van der Waals surface area (Å²) in [6.45, 7) is 0. The fraction of sp³-hybridized carbons (Fsp3) is 0. The molecule has 23 heavy (non-hydrogen) atoms. The number of rotatable bonds is 3. The molecule has 0 aliphatic heterocycles. The Morgan fingerprint density at radius 1 is 1.17 bits per heavy atom. The summed E-state index contributed by atoms with van der Waals surface area (Å²) >= 11 is 11.1. The Hall–Kier alpha value is -2.68. The Bertz CT molecular complexity index is 811. The van der Waals surface area contributed by atoms with Gasteiger partial charge in [-0.05, 0) is 42.1 Å². The van der Waals surface area contributed by atoms with Gasteiger partial charge in [0.25, 0.3) is 0 Å². The van der Waals surface area contributed by atoms with Crippen molar-refractivity contribution in [3.63, 3.8) is 0 Å². The lowest BCUT2D eigenvalue weighted by Crippen LogP contribution is -2.33. The van der Waals surface area contributed by atoms with Gasteiger partial charge in [0.15, 0.2) is 5.11 Å². The Morgan fingerprint density at radius 2 is 1.87 bits per heavy atom. The van der Waals surface area contributed by atoms with Crippen molar-refractivity contribution in [2.45, 2.75) is 0 Å². The third kappa shape index (κ3) is 4.92. The molecule has 2 N–H and O–H groups in total. The lowest BCUT2D eigenvalue weighted by atomic mass is 10.2. The molecule has 0 saturated heterocycles.